The zero-order valence-corrected chi connectivity index (χ0v) is 24.6. The maximum atomic E-state index is 13.6. The third kappa shape index (κ3) is 9.03. The minimum Gasteiger partial charge on any atom is -0.377 e. The molecule has 10 heteroatoms. The Bertz CT molecular complexity index is 1320. The maximum absolute atomic E-state index is 13.6. The molecule has 3 aromatic carbocycles. The molecule has 3 aromatic rings. The van der Waals surface area contributed by atoms with Crippen molar-refractivity contribution in [1.29, 1.82) is 0 Å². The summed E-state index contributed by atoms with van der Waals surface area (Å²) in [6, 6.07) is 24.1. The van der Waals surface area contributed by atoms with Crippen molar-refractivity contribution in [3.63, 3.8) is 0 Å². The van der Waals surface area contributed by atoms with E-state index in [-0.39, 0.29) is 23.6 Å². The summed E-state index contributed by atoms with van der Waals surface area (Å²) in [6.45, 7) is 2.62. The van der Waals surface area contributed by atoms with Crippen molar-refractivity contribution in [2.24, 2.45) is 0 Å². The van der Waals surface area contributed by atoms with Gasteiger partial charge in [0.1, 0.15) is 0 Å². The molecular weight excluding hydrogens is 573 g/mol. The van der Waals surface area contributed by atoms with Crippen molar-refractivity contribution in [3.8, 4) is 0 Å². The highest BCUT2D eigenvalue weighted by atomic mass is 35.5. The number of nitrogens with zero attached hydrogens (tertiary/aromatic N) is 2. The van der Waals surface area contributed by atoms with Gasteiger partial charge in [-0.25, -0.2) is 8.42 Å². The number of hydrogen-bond acceptors (Lipinski definition) is 4. The molecule has 0 radical (unpaired) electrons. The van der Waals surface area contributed by atoms with Crippen molar-refractivity contribution in [2.45, 2.75) is 44.0 Å². The monoisotopic (exact) mass is 608 g/mol. The van der Waals surface area contributed by atoms with E-state index in [2.05, 4.69) is 29.2 Å². The second-order valence-electron chi connectivity index (χ2n) is 10.5. The molecule has 0 spiro atoms. The van der Waals surface area contributed by atoms with E-state index in [0.29, 0.717) is 44.8 Å². The van der Waals surface area contributed by atoms with Crippen LogP contribution in [0.3, 0.4) is 0 Å². The van der Waals surface area contributed by atoms with Crippen LogP contribution in [0.4, 0.5) is 13.2 Å². The molecule has 4 rings (SSSR count). The number of hydrogen-bond donors (Lipinski definition) is 0. The van der Waals surface area contributed by atoms with Crippen LogP contribution in [-0.4, -0.2) is 62.8 Å². The van der Waals surface area contributed by atoms with Gasteiger partial charge in [0.25, 0.3) is 0 Å². The average Bonchev–Trinajstić information content (AvgIpc) is 2.95. The van der Waals surface area contributed by atoms with Gasteiger partial charge in [0, 0.05) is 45.2 Å². The lowest BCUT2D eigenvalue weighted by Crippen LogP contribution is -2.42. The summed E-state index contributed by atoms with van der Waals surface area (Å²) in [7, 11) is -3.27. The Balaban J connectivity index is 1.51. The fourth-order valence-electron chi connectivity index (χ4n) is 5.31. The van der Waals surface area contributed by atoms with E-state index in [1.807, 2.05) is 36.4 Å². The normalized spacial score (nSPS) is 16.9. The number of sulfonamides is 1. The van der Waals surface area contributed by atoms with Gasteiger partial charge in [-0.05, 0) is 42.0 Å². The lowest BCUT2D eigenvalue weighted by molar-refractivity contribution is -0.137. The quantitative estimate of drug-likeness (QED) is 0.212. The highest BCUT2D eigenvalue weighted by Gasteiger charge is 2.34. The first-order valence-corrected chi connectivity index (χ1v) is 16.0. The SMILES string of the molecule is CS(=O)(=O)N1CCC[C@H](OCCCN(Cc2cccc(C(F)(F)F)c2Cl)CC(c2ccccc2)c2ccccc2)C1. The standard InChI is InChI=1S/C31H36ClF3N2O3S/c1-41(38,39)37-19-9-16-27(22-37)40-20-10-18-36(21-26-15-8-17-29(30(26)32)31(33,34)35)23-28(24-11-4-2-5-12-24)25-13-6-3-7-14-25/h2-8,11-15,17,27-28H,9-10,16,18-23H2,1H3/t27-/m0/s1. The largest absolute Gasteiger partial charge is 0.417 e. The van der Waals surface area contributed by atoms with Crippen LogP contribution < -0.4 is 0 Å². The van der Waals surface area contributed by atoms with E-state index in [1.165, 1.54) is 16.6 Å². The Morgan fingerprint density at radius 3 is 2.22 bits per heavy atom. The van der Waals surface area contributed by atoms with Crippen LogP contribution in [0.1, 0.15) is 47.4 Å². The predicted octanol–water partition coefficient (Wildman–Crippen LogP) is 6.82. The van der Waals surface area contributed by atoms with Crippen molar-refractivity contribution in [3.05, 3.63) is 106 Å². The van der Waals surface area contributed by atoms with E-state index in [4.69, 9.17) is 16.3 Å². The van der Waals surface area contributed by atoms with Gasteiger partial charge < -0.3 is 4.74 Å². The second kappa shape index (κ2) is 14.2. The van der Waals surface area contributed by atoms with E-state index in [1.54, 1.807) is 6.07 Å². The van der Waals surface area contributed by atoms with E-state index < -0.39 is 21.8 Å². The molecule has 0 saturated carbocycles. The van der Waals surface area contributed by atoms with Crippen LogP contribution >= 0.6 is 11.6 Å². The summed E-state index contributed by atoms with van der Waals surface area (Å²) in [6.07, 6.45) is -1.34. The van der Waals surface area contributed by atoms with Crippen molar-refractivity contribution in [1.82, 2.24) is 9.21 Å². The van der Waals surface area contributed by atoms with Gasteiger partial charge in [-0.1, -0.05) is 84.4 Å². The minimum absolute atomic E-state index is 0.00967. The number of benzene rings is 3. The smallest absolute Gasteiger partial charge is 0.377 e. The Hall–Kier alpha value is -2.43. The molecule has 0 bridgehead atoms. The molecule has 0 unspecified atom stereocenters. The Morgan fingerprint density at radius 1 is 1.00 bits per heavy atom. The van der Waals surface area contributed by atoms with Crippen LogP contribution in [0.25, 0.3) is 0 Å². The highest BCUT2D eigenvalue weighted by Crippen LogP contribution is 2.37. The van der Waals surface area contributed by atoms with Crippen LogP contribution in [0, 0.1) is 0 Å². The summed E-state index contributed by atoms with van der Waals surface area (Å²) in [5.41, 5.74) is 1.80. The van der Waals surface area contributed by atoms with Crippen molar-refractivity contribution >= 4 is 21.6 Å². The van der Waals surface area contributed by atoms with Crippen LogP contribution in [0.15, 0.2) is 78.9 Å². The molecule has 0 N–H and O–H groups in total. The number of rotatable bonds is 12. The average molecular weight is 609 g/mol. The fraction of sp³-hybridized carbons (Fsp3) is 0.419. The molecule has 1 saturated heterocycles. The van der Waals surface area contributed by atoms with Crippen molar-refractivity contribution in [2.75, 3.05) is 39.0 Å². The first kappa shape index (κ1) is 31.5. The summed E-state index contributed by atoms with van der Waals surface area (Å²) >= 11 is 6.30. The molecule has 222 valence electrons. The minimum atomic E-state index is -4.54. The number of ether oxygens (including phenoxy) is 1. The molecule has 1 aliphatic heterocycles. The zero-order valence-electron chi connectivity index (χ0n) is 23.1. The lowest BCUT2D eigenvalue weighted by atomic mass is 9.90. The summed E-state index contributed by atoms with van der Waals surface area (Å²) in [5.74, 6) is -0.00967. The van der Waals surface area contributed by atoms with Crippen LogP contribution in [-0.2, 0) is 27.5 Å². The van der Waals surface area contributed by atoms with E-state index >= 15 is 0 Å². The van der Waals surface area contributed by atoms with E-state index in [9.17, 15) is 21.6 Å². The second-order valence-corrected chi connectivity index (χ2v) is 12.9. The third-order valence-electron chi connectivity index (χ3n) is 7.40. The van der Waals surface area contributed by atoms with Crippen LogP contribution in [0.2, 0.25) is 5.02 Å². The molecule has 41 heavy (non-hydrogen) atoms. The molecule has 0 amide bonds. The van der Waals surface area contributed by atoms with Gasteiger partial charge in [0.05, 0.1) is 22.9 Å². The van der Waals surface area contributed by atoms with Crippen molar-refractivity contribution < 1.29 is 26.3 Å². The van der Waals surface area contributed by atoms with Gasteiger partial charge in [-0.15, -0.1) is 0 Å². The molecule has 1 heterocycles. The van der Waals surface area contributed by atoms with Crippen LogP contribution in [0.5, 0.6) is 0 Å². The first-order chi connectivity index (χ1) is 19.5. The Kier molecular flexibility index (Phi) is 10.9. The predicted molar refractivity (Wildman–Crippen MR) is 156 cm³/mol. The van der Waals surface area contributed by atoms with Gasteiger partial charge >= 0.3 is 6.18 Å². The summed E-state index contributed by atoms with van der Waals surface area (Å²) in [4.78, 5) is 2.12. The molecule has 5 nitrogen and oxygen atoms in total. The number of halogens is 4. The van der Waals surface area contributed by atoms with Gasteiger partial charge in [0.2, 0.25) is 10.0 Å². The summed E-state index contributed by atoms with van der Waals surface area (Å²) < 4.78 is 72.2. The molecule has 1 fully saturated rings. The lowest BCUT2D eigenvalue weighted by Gasteiger charge is -2.31. The Labute approximate surface area is 245 Å². The molecule has 0 aromatic heterocycles. The van der Waals surface area contributed by atoms with E-state index in [0.717, 1.165) is 30.0 Å². The number of piperidine rings is 1. The third-order valence-corrected chi connectivity index (χ3v) is 9.12. The number of alkyl halides is 3. The molecular formula is C31H36ClF3N2O3S. The zero-order chi connectivity index (χ0) is 29.5. The van der Waals surface area contributed by atoms with Gasteiger partial charge in [-0.2, -0.15) is 17.5 Å². The Morgan fingerprint density at radius 2 is 1.63 bits per heavy atom. The first-order valence-electron chi connectivity index (χ1n) is 13.8. The van der Waals surface area contributed by atoms with Gasteiger partial charge in [-0.3, -0.25) is 4.90 Å². The topological polar surface area (TPSA) is 49.9 Å². The maximum Gasteiger partial charge on any atom is 0.417 e. The molecule has 1 atom stereocenters. The highest BCUT2D eigenvalue weighted by molar-refractivity contribution is 7.88. The summed E-state index contributed by atoms with van der Waals surface area (Å²) in [5, 5.41) is -0.278. The fourth-order valence-corrected chi connectivity index (χ4v) is 6.50. The van der Waals surface area contributed by atoms with Gasteiger partial charge in [0.15, 0.2) is 0 Å². The molecule has 1 aliphatic rings. The molecule has 0 aliphatic carbocycles.